The minimum atomic E-state index is -0.642. The van der Waals surface area contributed by atoms with Gasteiger partial charge in [-0.2, -0.15) is 0 Å². The lowest BCUT2D eigenvalue weighted by Gasteiger charge is -2.12. The van der Waals surface area contributed by atoms with Crippen LogP contribution in [0, 0.1) is 5.82 Å². The Bertz CT molecular complexity index is 669. The van der Waals surface area contributed by atoms with Gasteiger partial charge in [-0.3, -0.25) is 0 Å². The Morgan fingerprint density at radius 2 is 1.92 bits per heavy atom. The number of benzene rings is 2. The Balaban J connectivity index is 0.00000312. The average Bonchev–Trinajstić information content (AvgIpc) is 2.60. The summed E-state index contributed by atoms with van der Waals surface area (Å²) in [6.45, 7) is 4.09. The van der Waals surface area contributed by atoms with Crippen LogP contribution in [-0.4, -0.2) is 30.8 Å². The van der Waals surface area contributed by atoms with Gasteiger partial charge in [0.25, 0.3) is 0 Å². The van der Waals surface area contributed by atoms with Crippen molar-refractivity contribution in [3.8, 4) is 11.5 Å². The van der Waals surface area contributed by atoms with Crippen molar-refractivity contribution in [3.63, 3.8) is 0 Å². The molecule has 0 radical (unpaired) electrons. The van der Waals surface area contributed by atoms with E-state index in [-0.39, 0.29) is 29.7 Å². The minimum absolute atomic E-state index is 0. The van der Waals surface area contributed by atoms with Gasteiger partial charge in [0.15, 0.2) is 17.5 Å². The van der Waals surface area contributed by atoms with Crippen molar-refractivity contribution in [2.75, 3.05) is 19.7 Å². The van der Waals surface area contributed by atoms with Gasteiger partial charge in [-0.25, -0.2) is 9.38 Å². The second-order valence-corrected chi connectivity index (χ2v) is 5.07. The van der Waals surface area contributed by atoms with Crippen molar-refractivity contribution >= 4 is 29.9 Å². The number of aromatic hydroxyl groups is 1. The lowest BCUT2D eigenvalue weighted by molar-refractivity contribution is 0.322. The number of guanidine groups is 1. The van der Waals surface area contributed by atoms with E-state index < -0.39 is 5.82 Å². The normalized spacial score (nSPS) is 10.7. The molecule has 3 N–H and O–H groups in total. The summed E-state index contributed by atoms with van der Waals surface area (Å²) < 4.78 is 18.9. The number of aliphatic imine (C=N–C) groups is 1. The van der Waals surface area contributed by atoms with Gasteiger partial charge in [0.05, 0.1) is 13.1 Å². The van der Waals surface area contributed by atoms with Crippen molar-refractivity contribution < 1.29 is 14.2 Å². The first-order valence-corrected chi connectivity index (χ1v) is 7.86. The third kappa shape index (κ3) is 7.59. The number of phenols is 1. The zero-order valence-corrected chi connectivity index (χ0v) is 16.4. The van der Waals surface area contributed by atoms with Gasteiger partial charge in [0.2, 0.25) is 0 Å². The van der Waals surface area contributed by atoms with Crippen LogP contribution in [0.4, 0.5) is 4.39 Å². The molecule has 0 aliphatic rings. The number of nitrogens with one attached hydrogen (secondary N) is 2. The summed E-state index contributed by atoms with van der Waals surface area (Å²) in [7, 11) is 0. The van der Waals surface area contributed by atoms with Gasteiger partial charge in [-0.05, 0) is 36.8 Å². The molecular formula is C18H23FIN3O2. The molecule has 0 unspecified atom stereocenters. The number of hydrogen-bond donors (Lipinski definition) is 3. The first kappa shape index (κ1) is 21.0. The van der Waals surface area contributed by atoms with E-state index in [0.717, 1.165) is 12.3 Å². The van der Waals surface area contributed by atoms with Gasteiger partial charge in [0.1, 0.15) is 12.4 Å². The van der Waals surface area contributed by atoms with Crippen LogP contribution >= 0.6 is 24.0 Å². The molecule has 0 atom stereocenters. The van der Waals surface area contributed by atoms with E-state index >= 15 is 0 Å². The van der Waals surface area contributed by atoms with Crippen molar-refractivity contribution in [2.24, 2.45) is 4.99 Å². The summed E-state index contributed by atoms with van der Waals surface area (Å²) in [5.41, 5.74) is 0.683. The van der Waals surface area contributed by atoms with E-state index in [1.807, 2.05) is 37.3 Å². The smallest absolute Gasteiger partial charge is 0.191 e. The van der Waals surface area contributed by atoms with Crippen LogP contribution in [0.5, 0.6) is 11.5 Å². The van der Waals surface area contributed by atoms with Gasteiger partial charge in [-0.15, -0.1) is 24.0 Å². The first-order chi connectivity index (χ1) is 11.7. The van der Waals surface area contributed by atoms with E-state index in [1.54, 1.807) is 6.07 Å². The van der Waals surface area contributed by atoms with Crippen LogP contribution in [0.25, 0.3) is 0 Å². The molecule has 0 aromatic heterocycles. The van der Waals surface area contributed by atoms with Crippen molar-refractivity contribution in [1.82, 2.24) is 10.6 Å². The molecule has 0 aliphatic heterocycles. The monoisotopic (exact) mass is 459 g/mol. The predicted octanol–water partition coefficient (Wildman–Crippen LogP) is 3.28. The fourth-order valence-corrected chi connectivity index (χ4v) is 2.02. The molecule has 5 nitrogen and oxygen atoms in total. The van der Waals surface area contributed by atoms with Gasteiger partial charge in [-0.1, -0.05) is 24.3 Å². The lowest BCUT2D eigenvalue weighted by atomic mass is 10.2. The summed E-state index contributed by atoms with van der Waals surface area (Å²) >= 11 is 0. The minimum Gasteiger partial charge on any atom is -0.505 e. The predicted molar refractivity (Wildman–Crippen MR) is 108 cm³/mol. The summed E-state index contributed by atoms with van der Waals surface area (Å²) in [6, 6.07) is 13.8. The van der Waals surface area contributed by atoms with Crippen LogP contribution in [-0.2, 0) is 6.54 Å². The molecule has 0 aliphatic carbocycles. The Morgan fingerprint density at radius 3 is 2.60 bits per heavy atom. The SMILES string of the molecule is CCNC(=NCc1ccc(O)c(F)c1)NCCOc1ccccc1.I. The molecule has 0 saturated heterocycles. The van der Waals surface area contributed by atoms with E-state index in [4.69, 9.17) is 4.74 Å². The van der Waals surface area contributed by atoms with E-state index in [2.05, 4.69) is 15.6 Å². The van der Waals surface area contributed by atoms with E-state index in [1.165, 1.54) is 12.1 Å². The summed E-state index contributed by atoms with van der Waals surface area (Å²) in [5.74, 6) is 0.450. The maximum absolute atomic E-state index is 13.3. The molecule has 136 valence electrons. The number of para-hydroxylation sites is 1. The van der Waals surface area contributed by atoms with Crippen molar-refractivity contribution in [2.45, 2.75) is 13.5 Å². The molecule has 0 heterocycles. The second kappa shape index (κ2) is 11.5. The lowest BCUT2D eigenvalue weighted by Crippen LogP contribution is -2.39. The average molecular weight is 459 g/mol. The highest BCUT2D eigenvalue weighted by Crippen LogP contribution is 2.16. The number of phenolic OH excluding ortho intramolecular Hbond substituents is 1. The molecule has 25 heavy (non-hydrogen) atoms. The number of hydrogen-bond acceptors (Lipinski definition) is 3. The van der Waals surface area contributed by atoms with Gasteiger partial charge >= 0.3 is 0 Å². The maximum Gasteiger partial charge on any atom is 0.191 e. The third-order valence-electron chi connectivity index (χ3n) is 3.18. The van der Waals surface area contributed by atoms with Crippen LogP contribution in [0.2, 0.25) is 0 Å². The second-order valence-electron chi connectivity index (χ2n) is 5.07. The first-order valence-electron chi connectivity index (χ1n) is 7.86. The molecule has 2 aromatic rings. The standard InChI is InChI=1S/C18H22FN3O2.HI/c1-2-20-18(21-10-11-24-15-6-4-3-5-7-15)22-13-14-8-9-17(23)16(19)12-14;/h3-9,12,23H,2,10-11,13H2,1H3,(H2,20,21,22);1H. The van der Waals surface area contributed by atoms with Crippen molar-refractivity contribution in [3.05, 3.63) is 59.9 Å². The zero-order valence-electron chi connectivity index (χ0n) is 14.0. The summed E-state index contributed by atoms with van der Waals surface area (Å²) in [4.78, 5) is 4.39. The molecule has 0 spiro atoms. The Labute approximate surface area is 164 Å². The molecule has 0 saturated carbocycles. The molecular weight excluding hydrogens is 436 g/mol. The quantitative estimate of drug-likeness (QED) is 0.258. The van der Waals surface area contributed by atoms with Crippen LogP contribution in [0.1, 0.15) is 12.5 Å². The molecule has 2 aromatic carbocycles. The summed E-state index contributed by atoms with van der Waals surface area (Å²) in [6.07, 6.45) is 0. The Kier molecular flexibility index (Phi) is 9.68. The Morgan fingerprint density at radius 1 is 1.16 bits per heavy atom. The molecule has 2 rings (SSSR count). The molecule has 7 heteroatoms. The largest absolute Gasteiger partial charge is 0.505 e. The zero-order chi connectivity index (χ0) is 17.2. The third-order valence-corrected chi connectivity index (χ3v) is 3.18. The Hall–Kier alpha value is -2.03. The van der Waals surface area contributed by atoms with Crippen molar-refractivity contribution in [1.29, 1.82) is 0 Å². The van der Waals surface area contributed by atoms with E-state index in [9.17, 15) is 9.50 Å². The van der Waals surface area contributed by atoms with Gasteiger partial charge < -0.3 is 20.5 Å². The highest BCUT2D eigenvalue weighted by atomic mass is 127. The van der Waals surface area contributed by atoms with Crippen LogP contribution in [0.15, 0.2) is 53.5 Å². The highest BCUT2D eigenvalue weighted by molar-refractivity contribution is 14.0. The number of ether oxygens (including phenoxy) is 1. The summed E-state index contributed by atoms with van der Waals surface area (Å²) in [5, 5.41) is 15.5. The number of rotatable bonds is 7. The molecule has 0 fully saturated rings. The topological polar surface area (TPSA) is 65.9 Å². The fourth-order valence-electron chi connectivity index (χ4n) is 2.02. The number of nitrogens with zero attached hydrogens (tertiary/aromatic N) is 1. The van der Waals surface area contributed by atoms with E-state index in [0.29, 0.717) is 31.2 Å². The highest BCUT2D eigenvalue weighted by Gasteiger charge is 2.02. The fraction of sp³-hybridized carbons (Fsp3) is 0.278. The van der Waals surface area contributed by atoms with Crippen LogP contribution in [0.3, 0.4) is 0 Å². The van der Waals surface area contributed by atoms with Crippen LogP contribution < -0.4 is 15.4 Å². The molecule has 0 amide bonds. The maximum atomic E-state index is 13.3. The number of halogens is 2. The van der Waals surface area contributed by atoms with Gasteiger partial charge in [0, 0.05) is 6.54 Å². The molecule has 0 bridgehead atoms.